The highest BCUT2D eigenvalue weighted by Gasteiger charge is 2.25. The lowest BCUT2D eigenvalue weighted by Gasteiger charge is -2.22. The minimum atomic E-state index is 0.540. The summed E-state index contributed by atoms with van der Waals surface area (Å²) in [7, 11) is 0. The maximum Gasteiger partial charge on any atom is 0.185 e. The predicted octanol–water partition coefficient (Wildman–Crippen LogP) is 3.61. The molecule has 1 aromatic heterocycles. The summed E-state index contributed by atoms with van der Waals surface area (Å²) >= 11 is 1.91. The zero-order valence-corrected chi connectivity index (χ0v) is 13.5. The Morgan fingerprint density at radius 1 is 1.42 bits per heavy atom. The Kier molecular flexibility index (Phi) is 5.22. The standard InChI is InChI=1S/C15H27N3S/c1-5-16-12-8-7-9-13-14(12)19-15(17-13)18(6-2)10-11(3)4/h11-12,16H,5-10H2,1-4H3. The highest BCUT2D eigenvalue weighted by atomic mass is 32.1. The second kappa shape index (κ2) is 6.71. The molecule has 1 heterocycles. The molecule has 19 heavy (non-hydrogen) atoms. The van der Waals surface area contributed by atoms with Gasteiger partial charge in [0.15, 0.2) is 5.13 Å². The molecule has 0 bridgehead atoms. The van der Waals surface area contributed by atoms with Crippen LogP contribution in [0.15, 0.2) is 0 Å². The van der Waals surface area contributed by atoms with Crippen LogP contribution in [0.4, 0.5) is 5.13 Å². The summed E-state index contributed by atoms with van der Waals surface area (Å²) in [6, 6.07) is 0.540. The fourth-order valence-corrected chi connectivity index (χ4v) is 4.06. The third-order valence-corrected chi connectivity index (χ3v) is 4.90. The number of fused-ring (bicyclic) bond motifs is 1. The Hall–Kier alpha value is -0.610. The molecule has 1 aliphatic carbocycles. The summed E-state index contributed by atoms with van der Waals surface area (Å²) in [5.74, 6) is 0.686. The lowest BCUT2D eigenvalue weighted by Crippen LogP contribution is -2.27. The zero-order valence-electron chi connectivity index (χ0n) is 12.7. The third kappa shape index (κ3) is 3.48. The van der Waals surface area contributed by atoms with Crippen molar-refractivity contribution in [3.63, 3.8) is 0 Å². The molecule has 0 saturated heterocycles. The topological polar surface area (TPSA) is 28.2 Å². The molecule has 0 amide bonds. The maximum absolute atomic E-state index is 4.91. The van der Waals surface area contributed by atoms with Gasteiger partial charge in [-0.1, -0.05) is 32.1 Å². The van der Waals surface area contributed by atoms with Gasteiger partial charge in [0.05, 0.1) is 5.69 Å². The molecule has 0 saturated carbocycles. The summed E-state index contributed by atoms with van der Waals surface area (Å²) in [6.07, 6.45) is 3.69. The number of aromatic nitrogens is 1. The number of hydrogen-bond donors (Lipinski definition) is 1. The second-order valence-corrected chi connectivity index (χ2v) is 6.75. The summed E-state index contributed by atoms with van der Waals surface area (Å²) in [5.41, 5.74) is 1.35. The highest BCUT2D eigenvalue weighted by molar-refractivity contribution is 7.15. The lowest BCUT2D eigenvalue weighted by molar-refractivity contribution is 0.476. The van der Waals surface area contributed by atoms with E-state index in [0.717, 1.165) is 26.1 Å². The van der Waals surface area contributed by atoms with E-state index in [2.05, 4.69) is 37.9 Å². The molecule has 4 heteroatoms. The molecule has 1 aromatic rings. The molecule has 0 radical (unpaired) electrons. The first kappa shape index (κ1) is 14.8. The van der Waals surface area contributed by atoms with Gasteiger partial charge in [-0.15, -0.1) is 0 Å². The van der Waals surface area contributed by atoms with Crippen molar-refractivity contribution in [1.82, 2.24) is 10.3 Å². The van der Waals surface area contributed by atoms with Crippen molar-refractivity contribution in [2.45, 2.75) is 53.0 Å². The number of aryl methyl sites for hydroxylation is 1. The van der Waals surface area contributed by atoms with Crippen LogP contribution in [0.2, 0.25) is 0 Å². The smallest absolute Gasteiger partial charge is 0.185 e. The van der Waals surface area contributed by atoms with Crippen LogP contribution in [0.5, 0.6) is 0 Å². The molecular weight excluding hydrogens is 254 g/mol. The first-order valence-electron chi connectivity index (χ1n) is 7.63. The number of nitrogens with one attached hydrogen (secondary N) is 1. The summed E-state index contributed by atoms with van der Waals surface area (Å²) in [4.78, 5) is 8.83. The zero-order chi connectivity index (χ0) is 13.8. The van der Waals surface area contributed by atoms with E-state index >= 15 is 0 Å². The molecule has 0 spiro atoms. The largest absolute Gasteiger partial charge is 0.348 e. The van der Waals surface area contributed by atoms with Gasteiger partial charge in [0, 0.05) is 24.0 Å². The van der Waals surface area contributed by atoms with Crippen molar-refractivity contribution in [1.29, 1.82) is 0 Å². The van der Waals surface area contributed by atoms with E-state index in [4.69, 9.17) is 4.98 Å². The van der Waals surface area contributed by atoms with E-state index in [9.17, 15) is 0 Å². The van der Waals surface area contributed by atoms with Crippen LogP contribution >= 0.6 is 11.3 Å². The molecule has 1 N–H and O–H groups in total. The molecule has 0 fully saturated rings. The molecule has 0 aliphatic heterocycles. The summed E-state index contributed by atoms with van der Waals surface area (Å²) in [5, 5.41) is 4.83. The fourth-order valence-electron chi connectivity index (χ4n) is 2.77. The van der Waals surface area contributed by atoms with Crippen LogP contribution in [0.3, 0.4) is 0 Å². The van der Waals surface area contributed by atoms with E-state index in [1.165, 1.54) is 28.5 Å². The summed E-state index contributed by atoms with van der Waals surface area (Å²) in [6.45, 7) is 12.2. The van der Waals surface area contributed by atoms with Gasteiger partial charge in [-0.3, -0.25) is 0 Å². The Balaban J connectivity index is 2.19. The van der Waals surface area contributed by atoms with Crippen molar-refractivity contribution in [3.8, 4) is 0 Å². The first-order chi connectivity index (χ1) is 9.15. The van der Waals surface area contributed by atoms with E-state index in [1.54, 1.807) is 0 Å². The summed E-state index contributed by atoms with van der Waals surface area (Å²) < 4.78 is 0. The van der Waals surface area contributed by atoms with Gasteiger partial charge in [-0.05, 0) is 38.6 Å². The van der Waals surface area contributed by atoms with Crippen molar-refractivity contribution in [2.75, 3.05) is 24.5 Å². The third-order valence-electron chi connectivity index (χ3n) is 3.63. The van der Waals surface area contributed by atoms with Gasteiger partial charge in [-0.25, -0.2) is 4.98 Å². The van der Waals surface area contributed by atoms with Crippen molar-refractivity contribution in [3.05, 3.63) is 10.6 Å². The van der Waals surface area contributed by atoms with E-state index in [-0.39, 0.29) is 0 Å². The monoisotopic (exact) mass is 281 g/mol. The van der Waals surface area contributed by atoms with E-state index in [1.807, 2.05) is 11.3 Å². The Labute approximate surface area is 121 Å². The predicted molar refractivity (Wildman–Crippen MR) is 84.2 cm³/mol. The van der Waals surface area contributed by atoms with Crippen LogP contribution in [0.25, 0.3) is 0 Å². The SMILES string of the molecule is CCNC1CCCc2nc(N(CC)CC(C)C)sc21. The van der Waals surface area contributed by atoms with Gasteiger partial charge < -0.3 is 10.2 Å². The minimum absolute atomic E-state index is 0.540. The van der Waals surface area contributed by atoms with Crippen molar-refractivity contribution in [2.24, 2.45) is 5.92 Å². The van der Waals surface area contributed by atoms with Gasteiger partial charge in [0.1, 0.15) is 0 Å². The molecule has 3 nitrogen and oxygen atoms in total. The molecule has 1 atom stereocenters. The van der Waals surface area contributed by atoms with E-state index < -0.39 is 0 Å². The van der Waals surface area contributed by atoms with Crippen molar-refractivity contribution >= 4 is 16.5 Å². The van der Waals surface area contributed by atoms with E-state index in [0.29, 0.717) is 12.0 Å². The average molecular weight is 281 g/mol. The molecule has 2 rings (SSSR count). The minimum Gasteiger partial charge on any atom is -0.348 e. The quantitative estimate of drug-likeness (QED) is 0.863. The Morgan fingerprint density at radius 3 is 2.84 bits per heavy atom. The number of anilines is 1. The second-order valence-electron chi connectivity index (χ2n) is 5.74. The maximum atomic E-state index is 4.91. The van der Waals surface area contributed by atoms with Crippen molar-refractivity contribution < 1.29 is 0 Å². The van der Waals surface area contributed by atoms with Gasteiger partial charge in [0.2, 0.25) is 0 Å². The normalized spacial score (nSPS) is 18.7. The van der Waals surface area contributed by atoms with Crippen LogP contribution in [-0.4, -0.2) is 24.6 Å². The fraction of sp³-hybridized carbons (Fsp3) is 0.800. The average Bonchev–Trinajstić information content (AvgIpc) is 2.81. The highest BCUT2D eigenvalue weighted by Crippen LogP contribution is 2.37. The first-order valence-corrected chi connectivity index (χ1v) is 8.45. The Morgan fingerprint density at radius 2 is 2.21 bits per heavy atom. The molecule has 1 aliphatic rings. The molecule has 0 aromatic carbocycles. The lowest BCUT2D eigenvalue weighted by atomic mass is 9.98. The van der Waals surface area contributed by atoms with Gasteiger partial charge >= 0.3 is 0 Å². The Bertz CT molecular complexity index is 400. The van der Waals surface area contributed by atoms with Crippen LogP contribution in [0, 0.1) is 5.92 Å². The molecule has 1 unspecified atom stereocenters. The number of nitrogens with zero attached hydrogens (tertiary/aromatic N) is 2. The van der Waals surface area contributed by atoms with Gasteiger partial charge in [0.25, 0.3) is 0 Å². The van der Waals surface area contributed by atoms with Crippen LogP contribution < -0.4 is 10.2 Å². The number of thiazole rings is 1. The van der Waals surface area contributed by atoms with Crippen LogP contribution in [-0.2, 0) is 6.42 Å². The molecule has 108 valence electrons. The molecular formula is C15H27N3S. The number of hydrogen-bond acceptors (Lipinski definition) is 4. The number of rotatable bonds is 6. The van der Waals surface area contributed by atoms with Crippen LogP contribution in [0.1, 0.15) is 57.1 Å². The van der Waals surface area contributed by atoms with Gasteiger partial charge in [-0.2, -0.15) is 0 Å².